The maximum Gasteiger partial charge on any atom is 0.0695 e. The molecule has 1 saturated carbocycles. The minimum Gasteiger partial charge on any atom is -0.373 e. The van der Waals surface area contributed by atoms with Crippen LogP contribution in [0.5, 0.6) is 0 Å². The van der Waals surface area contributed by atoms with E-state index in [1.165, 1.54) is 19.3 Å². The van der Waals surface area contributed by atoms with Gasteiger partial charge in [-0.1, -0.05) is 0 Å². The van der Waals surface area contributed by atoms with Gasteiger partial charge < -0.3 is 15.0 Å². The molecule has 0 aliphatic heterocycles. The Balaban J connectivity index is 2.39. The zero-order valence-electron chi connectivity index (χ0n) is 11.6. The molecule has 0 amide bonds. The molecule has 1 aliphatic rings. The van der Waals surface area contributed by atoms with E-state index in [0.717, 1.165) is 19.6 Å². The third-order valence-electron chi connectivity index (χ3n) is 4.04. The molecule has 3 heteroatoms. The predicted octanol–water partition coefficient (Wildman–Crippen LogP) is 1.88. The van der Waals surface area contributed by atoms with Crippen molar-refractivity contribution < 1.29 is 4.74 Å². The second kappa shape index (κ2) is 5.48. The SMILES string of the molecule is CNCCC1(OCC(C)(C)N(C)C)CCC1. The molecular weight excluding hydrogens is 200 g/mol. The van der Waals surface area contributed by atoms with Gasteiger partial charge in [-0.3, -0.25) is 0 Å². The number of hydrogen-bond acceptors (Lipinski definition) is 3. The second-order valence-electron chi connectivity index (χ2n) is 5.89. The summed E-state index contributed by atoms with van der Waals surface area (Å²) < 4.78 is 6.21. The molecule has 0 spiro atoms. The molecule has 96 valence electrons. The second-order valence-corrected chi connectivity index (χ2v) is 5.89. The Bertz CT molecular complexity index is 210. The average Bonchev–Trinajstić information content (AvgIpc) is 2.15. The molecule has 0 heterocycles. The monoisotopic (exact) mass is 228 g/mol. The van der Waals surface area contributed by atoms with Crippen LogP contribution in [0.2, 0.25) is 0 Å². The quantitative estimate of drug-likeness (QED) is 0.720. The van der Waals surface area contributed by atoms with Gasteiger partial charge in [-0.2, -0.15) is 0 Å². The topological polar surface area (TPSA) is 24.5 Å². The third-order valence-corrected chi connectivity index (χ3v) is 4.04. The number of nitrogens with one attached hydrogen (secondary N) is 1. The number of rotatable bonds is 7. The third kappa shape index (κ3) is 3.44. The summed E-state index contributed by atoms with van der Waals surface area (Å²) in [6.45, 7) is 6.35. The highest BCUT2D eigenvalue weighted by Crippen LogP contribution is 2.39. The van der Waals surface area contributed by atoms with Crippen LogP contribution >= 0.6 is 0 Å². The van der Waals surface area contributed by atoms with Crippen LogP contribution in [-0.2, 0) is 4.74 Å². The Hall–Kier alpha value is -0.120. The zero-order chi connectivity index (χ0) is 12.2. The molecule has 1 aliphatic carbocycles. The van der Waals surface area contributed by atoms with Crippen molar-refractivity contribution in [2.45, 2.75) is 50.7 Å². The molecule has 1 N–H and O–H groups in total. The van der Waals surface area contributed by atoms with Crippen molar-refractivity contribution in [1.82, 2.24) is 10.2 Å². The van der Waals surface area contributed by atoms with Crippen LogP contribution in [0.15, 0.2) is 0 Å². The van der Waals surface area contributed by atoms with Crippen molar-refractivity contribution >= 4 is 0 Å². The molecule has 0 bridgehead atoms. The van der Waals surface area contributed by atoms with Crippen molar-refractivity contribution in [2.75, 3.05) is 34.3 Å². The molecule has 0 saturated heterocycles. The summed E-state index contributed by atoms with van der Waals surface area (Å²) in [5.74, 6) is 0. The van der Waals surface area contributed by atoms with Crippen LogP contribution in [0, 0.1) is 0 Å². The van der Waals surface area contributed by atoms with Gasteiger partial charge in [0.05, 0.1) is 12.2 Å². The van der Waals surface area contributed by atoms with Crippen molar-refractivity contribution in [2.24, 2.45) is 0 Å². The fraction of sp³-hybridized carbons (Fsp3) is 1.00. The lowest BCUT2D eigenvalue weighted by atomic mass is 9.77. The number of hydrogen-bond donors (Lipinski definition) is 1. The van der Waals surface area contributed by atoms with Gasteiger partial charge >= 0.3 is 0 Å². The molecule has 0 aromatic rings. The highest BCUT2D eigenvalue weighted by molar-refractivity contribution is 4.91. The van der Waals surface area contributed by atoms with Gasteiger partial charge in [0.25, 0.3) is 0 Å². The van der Waals surface area contributed by atoms with Gasteiger partial charge in [0, 0.05) is 5.54 Å². The van der Waals surface area contributed by atoms with Gasteiger partial charge in [0.1, 0.15) is 0 Å². The lowest BCUT2D eigenvalue weighted by Gasteiger charge is -2.45. The molecular formula is C13H28N2O. The maximum atomic E-state index is 6.21. The van der Waals surface area contributed by atoms with Crippen LogP contribution < -0.4 is 5.32 Å². The first-order chi connectivity index (χ1) is 7.42. The van der Waals surface area contributed by atoms with E-state index >= 15 is 0 Å². The fourth-order valence-electron chi connectivity index (χ4n) is 1.85. The van der Waals surface area contributed by atoms with Crippen molar-refractivity contribution in [3.8, 4) is 0 Å². The van der Waals surface area contributed by atoms with Crippen LogP contribution in [0.4, 0.5) is 0 Å². The van der Waals surface area contributed by atoms with Crippen LogP contribution in [0.25, 0.3) is 0 Å². The van der Waals surface area contributed by atoms with Gasteiger partial charge in [0.2, 0.25) is 0 Å². The lowest BCUT2D eigenvalue weighted by molar-refractivity contribution is -0.129. The van der Waals surface area contributed by atoms with Gasteiger partial charge in [-0.05, 0) is 67.2 Å². The molecule has 1 fully saturated rings. The smallest absolute Gasteiger partial charge is 0.0695 e. The fourth-order valence-corrected chi connectivity index (χ4v) is 1.85. The van der Waals surface area contributed by atoms with Crippen molar-refractivity contribution in [1.29, 1.82) is 0 Å². The molecule has 0 unspecified atom stereocenters. The molecule has 0 radical (unpaired) electrons. The van der Waals surface area contributed by atoms with Crippen molar-refractivity contribution in [3.63, 3.8) is 0 Å². The number of nitrogens with zero attached hydrogens (tertiary/aromatic N) is 1. The van der Waals surface area contributed by atoms with E-state index in [0.29, 0.717) is 0 Å². The molecule has 1 rings (SSSR count). The Kier molecular flexibility index (Phi) is 4.77. The zero-order valence-corrected chi connectivity index (χ0v) is 11.6. The van der Waals surface area contributed by atoms with Crippen molar-refractivity contribution in [3.05, 3.63) is 0 Å². The molecule has 3 nitrogen and oxygen atoms in total. The Labute approximate surface area is 101 Å². The Morgan fingerprint density at radius 3 is 2.31 bits per heavy atom. The minimum atomic E-state index is 0.127. The van der Waals surface area contributed by atoms with E-state index in [-0.39, 0.29) is 11.1 Å². The normalized spacial score (nSPS) is 19.9. The molecule has 0 aromatic carbocycles. The van der Waals surface area contributed by atoms with Gasteiger partial charge in [-0.25, -0.2) is 0 Å². The standard InChI is InChI=1S/C13H28N2O/c1-12(2,15(4)5)11-16-13(7-6-8-13)9-10-14-3/h14H,6-11H2,1-5H3. The summed E-state index contributed by atoms with van der Waals surface area (Å²) >= 11 is 0. The van der Waals surface area contributed by atoms with E-state index in [9.17, 15) is 0 Å². The first kappa shape index (κ1) is 13.9. The summed E-state index contributed by atoms with van der Waals surface area (Å²) in [5.41, 5.74) is 0.304. The number of ether oxygens (including phenoxy) is 1. The summed E-state index contributed by atoms with van der Waals surface area (Å²) in [7, 11) is 6.24. The van der Waals surface area contributed by atoms with Crippen LogP contribution in [0.3, 0.4) is 0 Å². The van der Waals surface area contributed by atoms with Gasteiger partial charge in [-0.15, -0.1) is 0 Å². The van der Waals surface area contributed by atoms with E-state index in [1.807, 2.05) is 7.05 Å². The minimum absolute atomic E-state index is 0.127. The van der Waals surface area contributed by atoms with E-state index in [1.54, 1.807) is 0 Å². The molecule has 16 heavy (non-hydrogen) atoms. The summed E-state index contributed by atoms with van der Waals surface area (Å²) in [6, 6.07) is 0. The summed E-state index contributed by atoms with van der Waals surface area (Å²) in [4.78, 5) is 2.23. The highest BCUT2D eigenvalue weighted by atomic mass is 16.5. The van der Waals surface area contributed by atoms with Crippen LogP contribution in [0.1, 0.15) is 39.5 Å². The van der Waals surface area contributed by atoms with E-state index in [2.05, 4.69) is 38.2 Å². The predicted molar refractivity (Wildman–Crippen MR) is 68.8 cm³/mol. The summed E-state index contributed by atoms with van der Waals surface area (Å²) in [6.07, 6.45) is 4.94. The van der Waals surface area contributed by atoms with E-state index in [4.69, 9.17) is 4.74 Å². The Morgan fingerprint density at radius 2 is 1.94 bits per heavy atom. The summed E-state index contributed by atoms with van der Waals surface area (Å²) in [5, 5.41) is 3.22. The largest absolute Gasteiger partial charge is 0.373 e. The first-order valence-corrected chi connectivity index (χ1v) is 6.38. The Morgan fingerprint density at radius 1 is 1.31 bits per heavy atom. The maximum absolute atomic E-state index is 6.21. The molecule has 0 atom stereocenters. The first-order valence-electron chi connectivity index (χ1n) is 6.38. The number of likely N-dealkylation sites (N-methyl/N-ethyl adjacent to an activating group) is 1. The molecule has 0 aromatic heterocycles. The average molecular weight is 228 g/mol. The van der Waals surface area contributed by atoms with Gasteiger partial charge in [0.15, 0.2) is 0 Å². The van der Waals surface area contributed by atoms with E-state index < -0.39 is 0 Å². The van der Waals surface area contributed by atoms with Crippen LogP contribution in [-0.4, -0.2) is 50.3 Å². The highest BCUT2D eigenvalue weighted by Gasteiger charge is 2.39. The lowest BCUT2D eigenvalue weighted by Crippen LogP contribution is -2.49.